The van der Waals surface area contributed by atoms with Crippen molar-refractivity contribution in [2.75, 3.05) is 0 Å². The molecule has 6 nitrogen and oxygen atoms in total. The standard InChI is InChI=1S/C21H16ClN3O3S/c22-17-8-6-15(7-9-17)20-24-25-21(28-20)29-13-14-3-1-4-16(11-14)19(26)23-12-18-5-2-10-27-18/h1-11H,12-13H2,(H,23,26). The summed E-state index contributed by atoms with van der Waals surface area (Å²) in [4.78, 5) is 12.3. The molecule has 4 aromatic rings. The molecule has 0 unspecified atom stereocenters. The van der Waals surface area contributed by atoms with Gasteiger partial charge in [-0.3, -0.25) is 4.79 Å². The Morgan fingerprint density at radius 1 is 1.07 bits per heavy atom. The zero-order valence-electron chi connectivity index (χ0n) is 15.2. The van der Waals surface area contributed by atoms with Crippen molar-refractivity contribution in [3.8, 4) is 11.5 Å². The number of hydrogen-bond donors (Lipinski definition) is 1. The molecule has 2 heterocycles. The predicted molar refractivity (Wildman–Crippen MR) is 111 cm³/mol. The minimum Gasteiger partial charge on any atom is -0.467 e. The second-order valence-corrected chi connectivity index (χ2v) is 7.49. The second-order valence-electron chi connectivity index (χ2n) is 6.13. The van der Waals surface area contributed by atoms with E-state index in [1.54, 1.807) is 30.5 Å². The Morgan fingerprint density at radius 2 is 1.93 bits per heavy atom. The monoisotopic (exact) mass is 425 g/mol. The van der Waals surface area contributed by atoms with Gasteiger partial charge in [0.1, 0.15) is 5.76 Å². The van der Waals surface area contributed by atoms with Gasteiger partial charge in [0.15, 0.2) is 0 Å². The zero-order chi connectivity index (χ0) is 20.1. The van der Waals surface area contributed by atoms with E-state index in [9.17, 15) is 4.79 Å². The minimum atomic E-state index is -0.156. The highest BCUT2D eigenvalue weighted by atomic mass is 35.5. The fourth-order valence-electron chi connectivity index (χ4n) is 2.61. The van der Waals surface area contributed by atoms with E-state index in [1.165, 1.54) is 11.8 Å². The van der Waals surface area contributed by atoms with E-state index in [2.05, 4.69) is 15.5 Å². The van der Waals surface area contributed by atoms with Crippen LogP contribution in [-0.2, 0) is 12.3 Å². The van der Waals surface area contributed by atoms with Gasteiger partial charge in [-0.25, -0.2) is 0 Å². The van der Waals surface area contributed by atoms with Crippen LogP contribution in [0.3, 0.4) is 0 Å². The van der Waals surface area contributed by atoms with E-state index in [0.717, 1.165) is 11.1 Å². The number of amides is 1. The number of halogens is 1. The van der Waals surface area contributed by atoms with Gasteiger partial charge >= 0.3 is 0 Å². The molecule has 0 fully saturated rings. The van der Waals surface area contributed by atoms with Crippen molar-refractivity contribution in [1.29, 1.82) is 0 Å². The van der Waals surface area contributed by atoms with Gasteiger partial charge in [0.2, 0.25) is 5.89 Å². The van der Waals surface area contributed by atoms with E-state index >= 15 is 0 Å². The molecule has 0 spiro atoms. The molecule has 8 heteroatoms. The van der Waals surface area contributed by atoms with Gasteiger partial charge in [-0.05, 0) is 54.1 Å². The van der Waals surface area contributed by atoms with Crippen LogP contribution < -0.4 is 5.32 Å². The first-order valence-corrected chi connectivity index (χ1v) is 10.2. The lowest BCUT2D eigenvalue weighted by Crippen LogP contribution is -2.22. The molecule has 4 rings (SSSR count). The average molecular weight is 426 g/mol. The number of thioether (sulfide) groups is 1. The highest BCUT2D eigenvalue weighted by Crippen LogP contribution is 2.26. The smallest absolute Gasteiger partial charge is 0.277 e. The Hall–Kier alpha value is -3.03. The summed E-state index contributed by atoms with van der Waals surface area (Å²) in [6.07, 6.45) is 1.58. The lowest BCUT2D eigenvalue weighted by atomic mass is 10.1. The van der Waals surface area contributed by atoms with E-state index in [4.69, 9.17) is 20.4 Å². The Labute approximate surface area is 176 Å². The third kappa shape index (κ3) is 5.07. The van der Waals surface area contributed by atoms with E-state index in [-0.39, 0.29) is 5.91 Å². The number of rotatable bonds is 7. The third-order valence-corrected chi connectivity index (χ3v) is 5.19. The van der Waals surface area contributed by atoms with Gasteiger partial charge in [0, 0.05) is 21.9 Å². The van der Waals surface area contributed by atoms with Crippen molar-refractivity contribution in [3.05, 3.63) is 88.8 Å². The average Bonchev–Trinajstić information content (AvgIpc) is 3.43. The van der Waals surface area contributed by atoms with Crippen LogP contribution in [-0.4, -0.2) is 16.1 Å². The maximum absolute atomic E-state index is 12.3. The molecule has 0 radical (unpaired) electrons. The van der Waals surface area contributed by atoms with E-state index in [1.807, 2.05) is 36.4 Å². The Morgan fingerprint density at radius 3 is 2.72 bits per heavy atom. The number of nitrogens with zero attached hydrogens (tertiary/aromatic N) is 2. The van der Waals surface area contributed by atoms with Crippen LogP contribution in [0.4, 0.5) is 0 Å². The van der Waals surface area contributed by atoms with Gasteiger partial charge < -0.3 is 14.2 Å². The van der Waals surface area contributed by atoms with Gasteiger partial charge in [-0.2, -0.15) is 0 Å². The molecule has 1 amide bonds. The van der Waals surface area contributed by atoms with Gasteiger partial charge in [0.05, 0.1) is 12.8 Å². The number of nitrogens with one attached hydrogen (secondary N) is 1. The molecule has 0 bridgehead atoms. The summed E-state index contributed by atoms with van der Waals surface area (Å²) in [5.41, 5.74) is 2.37. The summed E-state index contributed by atoms with van der Waals surface area (Å²) in [6, 6.07) is 18.2. The summed E-state index contributed by atoms with van der Waals surface area (Å²) in [5.74, 6) is 1.59. The lowest BCUT2D eigenvalue weighted by Gasteiger charge is -2.05. The first-order valence-electron chi connectivity index (χ1n) is 8.79. The lowest BCUT2D eigenvalue weighted by molar-refractivity contribution is 0.0948. The van der Waals surface area contributed by atoms with Crippen molar-refractivity contribution < 1.29 is 13.6 Å². The van der Waals surface area contributed by atoms with Crippen LogP contribution >= 0.6 is 23.4 Å². The molecule has 0 aliphatic heterocycles. The first-order chi connectivity index (χ1) is 14.2. The molecule has 2 aromatic heterocycles. The summed E-state index contributed by atoms with van der Waals surface area (Å²) < 4.78 is 10.9. The highest BCUT2D eigenvalue weighted by molar-refractivity contribution is 7.98. The summed E-state index contributed by atoms with van der Waals surface area (Å²) in [6.45, 7) is 0.347. The van der Waals surface area contributed by atoms with Crippen molar-refractivity contribution in [1.82, 2.24) is 15.5 Å². The summed E-state index contributed by atoms with van der Waals surface area (Å²) in [5, 5.41) is 12.1. The topological polar surface area (TPSA) is 81.2 Å². The van der Waals surface area contributed by atoms with Crippen molar-refractivity contribution >= 4 is 29.3 Å². The minimum absolute atomic E-state index is 0.156. The third-order valence-electron chi connectivity index (χ3n) is 4.05. The molecule has 146 valence electrons. The molecule has 0 saturated heterocycles. The molecular weight excluding hydrogens is 410 g/mol. The van der Waals surface area contributed by atoms with Crippen molar-refractivity contribution in [3.63, 3.8) is 0 Å². The number of carbonyl (C=O) groups is 1. The quantitative estimate of drug-likeness (QED) is 0.409. The normalized spacial score (nSPS) is 10.8. The fourth-order valence-corrected chi connectivity index (χ4v) is 3.44. The number of aromatic nitrogens is 2. The second kappa shape index (κ2) is 8.98. The van der Waals surface area contributed by atoms with Crippen LogP contribution in [0.25, 0.3) is 11.5 Å². The summed E-state index contributed by atoms with van der Waals surface area (Å²) >= 11 is 7.31. The van der Waals surface area contributed by atoms with Gasteiger partial charge in [-0.15, -0.1) is 10.2 Å². The van der Waals surface area contributed by atoms with E-state index < -0.39 is 0 Å². The fraction of sp³-hybridized carbons (Fsp3) is 0.0952. The number of carbonyl (C=O) groups excluding carboxylic acids is 1. The Bertz CT molecular complexity index is 1090. The maximum atomic E-state index is 12.3. The Balaban J connectivity index is 1.36. The number of hydrogen-bond acceptors (Lipinski definition) is 6. The largest absolute Gasteiger partial charge is 0.467 e. The number of benzene rings is 2. The summed E-state index contributed by atoms with van der Waals surface area (Å²) in [7, 11) is 0. The molecule has 29 heavy (non-hydrogen) atoms. The van der Waals surface area contributed by atoms with Crippen LogP contribution in [0.5, 0.6) is 0 Å². The molecule has 0 aliphatic carbocycles. The zero-order valence-corrected chi connectivity index (χ0v) is 16.7. The molecular formula is C21H16ClN3O3S. The molecule has 2 aromatic carbocycles. The van der Waals surface area contributed by atoms with Gasteiger partial charge in [0.25, 0.3) is 11.1 Å². The van der Waals surface area contributed by atoms with Crippen molar-refractivity contribution in [2.24, 2.45) is 0 Å². The van der Waals surface area contributed by atoms with Crippen LogP contribution in [0.15, 0.2) is 81.0 Å². The SMILES string of the molecule is O=C(NCc1ccco1)c1cccc(CSc2nnc(-c3ccc(Cl)cc3)o2)c1. The first kappa shape index (κ1) is 19.3. The van der Waals surface area contributed by atoms with Crippen LogP contribution in [0.1, 0.15) is 21.7 Å². The highest BCUT2D eigenvalue weighted by Gasteiger charge is 2.11. The molecule has 1 N–H and O–H groups in total. The van der Waals surface area contributed by atoms with Gasteiger partial charge in [-0.1, -0.05) is 35.5 Å². The number of furan rings is 1. The predicted octanol–water partition coefficient (Wildman–Crippen LogP) is 5.21. The molecule has 0 saturated carbocycles. The Kier molecular flexibility index (Phi) is 5.97. The van der Waals surface area contributed by atoms with Crippen molar-refractivity contribution in [2.45, 2.75) is 17.5 Å². The van der Waals surface area contributed by atoms with E-state index in [0.29, 0.717) is 39.8 Å². The van der Waals surface area contributed by atoms with Crippen LogP contribution in [0, 0.1) is 0 Å². The molecule has 0 atom stereocenters. The maximum Gasteiger partial charge on any atom is 0.277 e. The molecule has 0 aliphatic rings. The van der Waals surface area contributed by atoms with Crippen LogP contribution in [0.2, 0.25) is 5.02 Å².